The van der Waals surface area contributed by atoms with Crippen LogP contribution >= 0.6 is 22.6 Å². The average molecular weight is 294 g/mol. The van der Waals surface area contributed by atoms with E-state index in [1.54, 1.807) is 12.1 Å². The first-order valence-electron chi connectivity index (χ1n) is 4.18. The van der Waals surface area contributed by atoms with Gasteiger partial charge < -0.3 is 4.74 Å². The minimum absolute atomic E-state index is 0.221. The second-order valence-corrected chi connectivity index (χ2v) is 4.34. The monoisotopic (exact) mass is 294 g/mol. The Morgan fingerprint density at radius 1 is 1.46 bits per heavy atom. The zero-order chi connectivity index (χ0) is 9.84. The van der Waals surface area contributed by atoms with E-state index in [1.165, 1.54) is 6.07 Å². The second kappa shape index (κ2) is 4.79. The van der Waals surface area contributed by atoms with E-state index < -0.39 is 0 Å². The molecule has 0 bridgehead atoms. The smallest absolute Gasteiger partial charge is 0.140 e. The van der Waals surface area contributed by atoms with Gasteiger partial charge in [-0.2, -0.15) is 0 Å². The number of benzene rings is 1. The predicted molar refractivity (Wildman–Crippen MR) is 59.5 cm³/mol. The summed E-state index contributed by atoms with van der Waals surface area (Å²) in [6, 6.07) is 4.88. The lowest BCUT2D eigenvalue weighted by molar-refractivity contribution is 0.268. The molecule has 0 heterocycles. The SMILES string of the molecule is CC(C)COc1cccc(F)c1I. The highest BCUT2D eigenvalue weighted by atomic mass is 127. The van der Waals surface area contributed by atoms with Crippen LogP contribution in [0.1, 0.15) is 13.8 Å². The maximum Gasteiger partial charge on any atom is 0.140 e. The summed E-state index contributed by atoms with van der Waals surface area (Å²) in [7, 11) is 0. The molecule has 0 saturated heterocycles. The fourth-order valence-electron chi connectivity index (χ4n) is 0.852. The average Bonchev–Trinajstić information content (AvgIpc) is 2.07. The van der Waals surface area contributed by atoms with Crippen molar-refractivity contribution in [2.45, 2.75) is 13.8 Å². The van der Waals surface area contributed by atoms with Crippen LogP contribution in [0.5, 0.6) is 5.75 Å². The largest absolute Gasteiger partial charge is 0.492 e. The van der Waals surface area contributed by atoms with Gasteiger partial charge in [-0.25, -0.2) is 4.39 Å². The summed E-state index contributed by atoms with van der Waals surface area (Å²) in [5, 5.41) is 0. The summed E-state index contributed by atoms with van der Waals surface area (Å²) >= 11 is 1.95. The molecule has 0 aromatic heterocycles. The van der Waals surface area contributed by atoms with Gasteiger partial charge in [0.25, 0.3) is 0 Å². The molecule has 0 saturated carbocycles. The molecule has 0 spiro atoms. The highest BCUT2D eigenvalue weighted by molar-refractivity contribution is 14.1. The molecule has 3 heteroatoms. The van der Waals surface area contributed by atoms with Crippen LogP contribution < -0.4 is 4.74 Å². The third-order valence-electron chi connectivity index (χ3n) is 1.49. The Bertz CT molecular complexity index is 286. The number of hydrogen-bond acceptors (Lipinski definition) is 1. The summed E-state index contributed by atoms with van der Waals surface area (Å²) in [4.78, 5) is 0. The Labute approximate surface area is 91.4 Å². The molecule has 1 nitrogen and oxygen atoms in total. The van der Waals surface area contributed by atoms with Gasteiger partial charge in [0, 0.05) is 0 Å². The first-order valence-corrected chi connectivity index (χ1v) is 5.26. The Morgan fingerprint density at radius 3 is 2.77 bits per heavy atom. The van der Waals surface area contributed by atoms with Crippen molar-refractivity contribution in [2.24, 2.45) is 5.92 Å². The van der Waals surface area contributed by atoms with Crippen LogP contribution in [0.2, 0.25) is 0 Å². The molecule has 0 radical (unpaired) electrons. The van der Waals surface area contributed by atoms with Crippen molar-refractivity contribution >= 4 is 22.6 Å². The van der Waals surface area contributed by atoms with E-state index in [0.29, 0.717) is 21.8 Å². The summed E-state index contributed by atoms with van der Waals surface area (Å²) in [5.41, 5.74) is 0. The van der Waals surface area contributed by atoms with Crippen molar-refractivity contribution in [1.82, 2.24) is 0 Å². The minimum atomic E-state index is -0.221. The predicted octanol–water partition coefficient (Wildman–Crippen LogP) is 3.47. The number of halogens is 2. The molecule has 13 heavy (non-hydrogen) atoms. The molecule has 0 amide bonds. The Hall–Kier alpha value is -0.320. The second-order valence-electron chi connectivity index (χ2n) is 3.26. The van der Waals surface area contributed by atoms with Crippen LogP contribution in [-0.4, -0.2) is 6.61 Å². The van der Waals surface area contributed by atoms with E-state index in [9.17, 15) is 4.39 Å². The van der Waals surface area contributed by atoms with Gasteiger partial charge in [-0.3, -0.25) is 0 Å². The van der Waals surface area contributed by atoms with E-state index in [2.05, 4.69) is 13.8 Å². The lowest BCUT2D eigenvalue weighted by Crippen LogP contribution is -2.05. The molecule has 1 aromatic carbocycles. The van der Waals surface area contributed by atoms with Crippen molar-refractivity contribution in [1.29, 1.82) is 0 Å². The molecule has 1 aromatic rings. The standard InChI is InChI=1S/C10H12FIO/c1-7(2)6-13-9-5-3-4-8(11)10(9)12/h3-5,7H,6H2,1-2H3. The Kier molecular flexibility index (Phi) is 3.96. The minimum Gasteiger partial charge on any atom is -0.492 e. The van der Waals surface area contributed by atoms with Crippen molar-refractivity contribution in [3.8, 4) is 5.75 Å². The summed E-state index contributed by atoms with van der Waals surface area (Å²) in [6.07, 6.45) is 0. The van der Waals surface area contributed by atoms with Gasteiger partial charge in [0.05, 0.1) is 10.2 Å². The number of ether oxygens (including phenoxy) is 1. The normalized spacial score (nSPS) is 10.5. The molecule has 0 aliphatic carbocycles. The highest BCUT2D eigenvalue weighted by Crippen LogP contribution is 2.23. The van der Waals surface area contributed by atoms with E-state index in [-0.39, 0.29) is 5.82 Å². The van der Waals surface area contributed by atoms with E-state index >= 15 is 0 Å². The molecule has 0 atom stereocenters. The molecule has 0 aliphatic rings. The van der Waals surface area contributed by atoms with Crippen LogP contribution in [0.15, 0.2) is 18.2 Å². The zero-order valence-electron chi connectivity index (χ0n) is 7.68. The van der Waals surface area contributed by atoms with E-state index in [1.807, 2.05) is 22.6 Å². The third kappa shape index (κ3) is 3.14. The Balaban J connectivity index is 2.71. The molecular formula is C10H12FIO. The van der Waals surface area contributed by atoms with Gasteiger partial charge in [0.1, 0.15) is 11.6 Å². The van der Waals surface area contributed by atoms with Crippen LogP contribution in [-0.2, 0) is 0 Å². The lowest BCUT2D eigenvalue weighted by Gasteiger charge is -2.10. The fraction of sp³-hybridized carbons (Fsp3) is 0.400. The number of rotatable bonds is 3. The van der Waals surface area contributed by atoms with Gasteiger partial charge in [-0.05, 0) is 40.6 Å². The van der Waals surface area contributed by atoms with E-state index in [4.69, 9.17) is 4.74 Å². The van der Waals surface area contributed by atoms with Crippen molar-refractivity contribution < 1.29 is 9.13 Å². The maximum absolute atomic E-state index is 13.0. The van der Waals surface area contributed by atoms with Gasteiger partial charge in [0.15, 0.2) is 0 Å². The van der Waals surface area contributed by atoms with Gasteiger partial charge >= 0.3 is 0 Å². The van der Waals surface area contributed by atoms with Gasteiger partial charge in [-0.1, -0.05) is 19.9 Å². The van der Waals surface area contributed by atoms with Crippen LogP contribution in [0.3, 0.4) is 0 Å². The van der Waals surface area contributed by atoms with Crippen molar-refractivity contribution in [2.75, 3.05) is 6.61 Å². The molecular weight excluding hydrogens is 282 g/mol. The first-order chi connectivity index (χ1) is 6.11. The zero-order valence-corrected chi connectivity index (χ0v) is 9.84. The van der Waals surface area contributed by atoms with Crippen LogP contribution in [0, 0.1) is 15.3 Å². The molecule has 1 rings (SSSR count). The maximum atomic E-state index is 13.0. The van der Waals surface area contributed by atoms with Crippen LogP contribution in [0.4, 0.5) is 4.39 Å². The van der Waals surface area contributed by atoms with Crippen molar-refractivity contribution in [3.05, 3.63) is 27.6 Å². The topological polar surface area (TPSA) is 9.23 Å². The highest BCUT2D eigenvalue weighted by Gasteiger charge is 2.06. The first kappa shape index (κ1) is 10.8. The lowest BCUT2D eigenvalue weighted by atomic mass is 10.2. The molecule has 0 aliphatic heterocycles. The molecule has 72 valence electrons. The summed E-state index contributed by atoms with van der Waals surface area (Å²) in [5.74, 6) is 0.871. The molecule has 0 unspecified atom stereocenters. The molecule has 0 fully saturated rings. The number of hydrogen-bond donors (Lipinski definition) is 0. The van der Waals surface area contributed by atoms with Crippen LogP contribution in [0.25, 0.3) is 0 Å². The van der Waals surface area contributed by atoms with Gasteiger partial charge in [-0.15, -0.1) is 0 Å². The fourth-order valence-corrected chi connectivity index (χ4v) is 1.37. The van der Waals surface area contributed by atoms with E-state index in [0.717, 1.165) is 0 Å². The molecule has 0 N–H and O–H groups in total. The quantitative estimate of drug-likeness (QED) is 0.776. The third-order valence-corrected chi connectivity index (χ3v) is 2.54. The summed E-state index contributed by atoms with van der Waals surface area (Å²) in [6.45, 7) is 4.75. The van der Waals surface area contributed by atoms with Crippen molar-refractivity contribution in [3.63, 3.8) is 0 Å². The Morgan fingerprint density at radius 2 is 2.15 bits per heavy atom. The van der Waals surface area contributed by atoms with Gasteiger partial charge in [0.2, 0.25) is 0 Å². The summed E-state index contributed by atoms with van der Waals surface area (Å²) < 4.78 is 19.0.